The second-order valence-electron chi connectivity index (χ2n) is 5.47. The number of benzene rings is 1. The summed E-state index contributed by atoms with van der Waals surface area (Å²) in [5.41, 5.74) is 1.89. The van der Waals surface area contributed by atoms with Crippen LogP contribution < -0.4 is 0 Å². The molecule has 1 aliphatic rings. The molecule has 0 N–H and O–H groups in total. The van der Waals surface area contributed by atoms with E-state index >= 15 is 0 Å². The molecule has 3 rings (SSSR count). The van der Waals surface area contributed by atoms with Crippen LogP contribution in [0, 0.1) is 0 Å². The van der Waals surface area contributed by atoms with Crippen molar-refractivity contribution in [3.63, 3.8) is 0 Å². The Bertz CT molecular complexity index is 634. The van der Waals surface area contributed by atoms with Crippen LogP contribution in [-0.2, 0) is 11.3 Å². The van der Waals surface area contributed by atoms with Crippen LogP contribution in [0.2, 0.25) is 0 Å². The first kappa shape index (κ1) is 15.6. The van der Waals surface area contributed by atoms with Gasteiger partial charge in [-0.15, -0.1) is 0 Å². The number of nitrogens with zero attached hydrogens (tertiary/aromatic N) is 3. The minimum Gasteiger partial charge on any atom is -0.450 e. The second-order valence-corrected chi connectivity index (χ2v) is 5.47. The Morgan fingerprint density at radius 1 is 1.22 bits per heavy atom. The molecule has 0 aliphatic carbocycles. The number of hydrogen-bond acceptors (Lipinski definition) is 5. The average Bonchev–Trinajstić information content (AvgIpc) is 3.05. The van der Waals surface area contributed by atoms with Gasteiger partial charge in [0.2, 0.25) is 5.89 Å². The molecule has 1 aromatic heterocycles. The molecule has 122 valence electrons. The topological polar surface area (TPSA) is 58.8 Å². The molecule has 0 spiro atoms. The first-order valence-corrected chi connectivity index (χ1v) is 7.90. The summed E-state index contributed by atoms with van der Waals surface area (Å²) in [5, 5.41) is 0. The molecule has 0 saturated carbocycles. The van der Waals surface area contributed by atoms with E-state index in [1.54, 1.807) is 11.2 Å². The van der Waals surface area contributed by atoms with Crippen LogP contribution in [0.5, 0.6) is 0 Å². The monoisotopic (exact) mass is 315 g/mol. The molecule has 2 heterocycles. The zero-order valence-corrected chi connectivity index (χ0v) is 13.3. The van der Waals surface area contributed by atoms with E-state index in [0.717, 1.165) is 30.9 Å². The third-order valence-electron chi connectivity index (χ3n) is 3.86. The number of rotatable bonds is 4. The van der Waals surface area contributed by atoms with Gasteiger partial charge in [-0.25, -0.2) is 9.78 Å². The van der Waals surface area contributed by atoms with Gasteiger partial charge in [-0.2, -0.15) is 0 Å². The molecular formula is C17H21N3O3. The van der Waals surface area contributed by atoms with E-state index in [9.17, 15) is 4.79 Å². The lowest BCUT2D eigenvalue weighted by Crippen LogP contribution is -2.48. The summed E-state index contributed by atoms with van der Waals surface area (Å²) in [5.74, 6) is 0.644. The molecule has 6 heteroatoms. The highest BCUT2D eigenvalue weighted by Crippen LogP contribution is 2.19. The van der Waals surface area contributed by atoms with Gasteiger partial charge in [0.1, 0.15) is 6.26 Å². The van der Waals surface area contributed by atoms with Gasteiger partial charge in [0.25, 0.3) is 0 Å². The van der Waals surface area contributed by atoms with Crippen molar-refractivity contribution in [1.29, 1.82) is 0 Å². The Balaban J connectivity index is 1.53. The van der Waals surface area contributed by atoms with Gasteiger partial charge in [0.15, 0.2) is 0 Å². The van der Waals surface area contributed by atoms with Crippen molar-refractivity contribution in [1.82, 2.24) is 14.8 Å². The summed E-state index contributed by atoms with van der Waals surface area (Å²) in [6, 6.07) is 9.86. The van der Waals surface area contributed by atoms with Crippen LogP contribution in [0.15, 0.2) is 41.0 Å². The minimum absolute atomic E-state index is 0.222. The van der Waals surface area contributed by atoms with E-state index in [1.165, 1.54) is 0 Å². The number of carbonyl (C=O) groups excluding carboxylic acids is 1. The van der Waals surface area contributed by atoms with Crippen molar-refractivity contribution in [2.75, 3.05) is 32.8 Å². The summed E-state index contributed by atoms with van der Waals surface area (Å²) in [6.45, 7) is 5.96. The predicted molar refractivity (Wildman–Crippen MR) is 85.8 cm³/mol. The largest absolute Gasteiger partial charge is 0.450 e. The number of amides is 1. The lowest BCUT2D eigenvalue weighted by atomic mass is 10.2. The lowest BCUT2D eigenvalue weighted by molar-refractivity contribution is 0.0775. The third-order valence-corrected chi connectivity index (χ3v) is 3.86. The Labute approximate surface area is 135 Å². The fraction of sp³-hybridized carbons (Fsp3) is 0.412. The highest BCUT2D eigenvalue weighted by molar-refractivity contribution is 5.67. The Morgan fingerprint density at radius 3 is 2.65 bits per heavy atom. The first-order valence-electron chi connectivity index (χ1n) is 7.90. The van der Waals surface area contributed by atoms with Crippen LogP contribution in [0.3, 0.4) is 0 Å². The number of piperazine rings is 1. The summed E-state index contributed by atoms with van der Waals surface area (Å²) < 4.78 is 10.6. The first-order chi connectivity index (χ1) is 11.3. The molecule has 1 aliphatic heterocycles. The summed E-state index contributed by atoms with van der Waals surface area (Å²) in [4.78, 5) is 20.2. The number of carbonyl (C=O) groups is 1. The van der Waals surface area contributed by atoms with Crippen molar-refractivity contribution < 1.29 is 13.9 Å². The van der Waals surface area contributed by atoms with Crippen LogP contribution in [0.25, 0.3) is 11.5 Å². The second kappa shape index (κ2) is 7.28. The number of oxazole rings is 1. The SMILES string of the molecule is CCOC(=O)N1CCN(Cc2coc(-c3ccccc3)n2)CC1. The van der Waals surface area contributed by atoms with E-state index in [2.05, 4.69) is 9.88 Å². The zero-order chi connectivity index (χ0) is 16.1. The van der Waals surface area contributed by atoms with Crippen LogP contribution >= 0.6 is 0 Å². The summed E-state index contributed by atoms with van der Waals surface area (Å²) >= 11 is 0. The maximum absolute atomic E-state index is 11.7. The molecule has 2 aromatic rings. The highest BCUT2D eigenvalue weighted by atomic mass is 16.6. The molecule has 0 bridgehead atoms. The molecule has 6 nitrogen and oxygen atoms in total. The van der Waals surface area contributed by atoms with Gasteiger partial charge in [-0.05, 0) is 19.1 Å². The van der Waals surface area contributed by atoms with Crippen molar-refractivity contribution in [2.45, 2.75) is 13.5 Å². The van der Waals surface area contributed by atoms with Crippen molar-refractivity contribution in [2.24, 2.45) is 0 Å². The van der Waals surface area contributed by atoms with E-state index < -0.39 is 0 Å². The van der Waals surface area contributed by atoms with Crippen molar-refractivity contribution in [3.8, 4) is 11.5 Å². The van der Waals surface area contributed by atoms with Gasteiger partial charge in [-0.1, -0.05) is 18.2 Å². The summed E-state index contributed by atoms with van der Waals surface area (Å²) in [7, 11) is 0. The number of aromatic nitrogens is 1. The third kappa shape index (κ3) is 3.90. The highest BCUT2D eigenvalue weighted by Gasteiger charge is 2.22. The van der Waals surface area contributed by atoms with E-state index in [4.69, 9.17) is 9.15 Å². The van der Waals surface area contributed by atoms with E-state index in [1.807, 2.05) is 37.3 Å². The predicted octanol–water partition coefficient (Wildman–Crippen LogP) is 2.62. The molecule has 1 aromatic carbocycles. The number of ether oxygens (including phenoxy) is 1. The average molecular weight is 315 g/mol. The Morgan fingerprint density at radius 2 is 1.96 bits per heavy atom. The Kier molecular flexibility index (Phi) is 4.92. The fourth-order valence-corrected chi connectivity index (χ4v) is 2.63. The van der Waals surface area contributed by atoms with Crippen molar-refractivity contribution in [3.05, 3.63) is 42.3 Å². The quantitative estimate of drug-likeness (QED) is 0.868. The standard InChI is InChI=1S/C17H21N3O3/c1-2-22-17(21)20-10-8-19(9-11-20)12-15-13-23-16(18-15)14-6-4-3-5-7-14/h3-7,13H,2,8-12H2,1H3. The zero-order valence-electron chi connectivity index (χ0n) is 13.3. The smallest absolute Gasteiger partial charge is 0.409 e. The number of hydrogen-bond donors (Lipinski definition) is 0. The van der Waals surface area contributed by atoms with Gasteiger partial charge < -0.3 is 14.1 Å². The minimum atomic E-state index is -0.222. The lowest BCUT2D eigenvalue weighted by Gasteiger charge is -2.33. The van der Waals surface area contributed by atoms with Gasteiger partial charge in [-0.3, -0.25) is 4.90 Å². The normalized spacial score (nSPS) is 15.6. The van der Waals surface area contributed by atoms with Crippen LogP contribution in [0.1, 0.15) is 12.6 Å². The maximum atomic E-state index is 11.7. The molecular weight excluding hydrogens is 294 g/mol. The van der Waals surface area contributed by atoms with Crippen molar-refractivity contribution >= 4 is 6.09 Å². The summed E-state index contributed by atoms with van der Waals surface area (Å²) in [6.07, 6.45) is 1.49. The van der Waals surface area contributed by atoms with Gasteiger partial charge in [0, 0.05) is 38.3 Å². The fourth-order valence-electron chi connectivity index (χ4n) is 2.63. The Hall–Kier alpha value is -2.34. The van der Waals surface area contributed by atoms with Gasteiger partial charge >= 0.3 is 6.09 Å². The van der Waals surface area contributed by atoms with Gasteiger partial charge in [0.05, 0.1) is 12.3 Å². The maximum Gasteiger partial charge on any atom is 0.409 e. The molecule has 23 heavy (non-hydrogen) atoms. The molecule has 0 atom stereocenters. The molecule has 0 radical (unpaired) electrons. The van der Waals surface area contributed by atoms with Crippen LogP contribution in [0.4, 0.5) is 4.79 Å². The van der Waals surface area contributed by atoms with Crippen LogP contribution in [-0.4, -0.2) is 53.7 Å². The molecule has 1 amide bonds. The van der Waals surface area contributed by atoms with E-state index in [-0.39, 0.29) is 6.09 Å². The molecule has 0 unspecified atom stereocenters. The molecule has 1 fully saturated rings. The molecule has 1 saturated heterocycles. The van der Waals surface area contributed by atoms with E-state index in [0.29, 0.717) is 25.6 Å².